The number of rotatable bonds is 15. The zero-order chi connectivity index (χ0) is 65.4. The van der Waals surface area contributed by atoms with E-state index in [2.05, 4.69) is 0 Å². The molecule has 8 rings (SSSR count). The number of aromatic hydroxyl groups is 19. The molecule has 7 aromatic rings. The second-order valence-electron chi connectivity index (χ2n) is 18.4. The summed E-state index contributed by atoms with van der Waals surface area (Å²) in [5.41, 5.74) is -6.04. The molecule has 464 valence electrons. The zero-order valence-corrected chi connectivity index (χ0v) is 43.8. The Kier molecular flexibility index (Phi) is 16.9. The molecule has 89 heavy (non-hydrogen) atoms. The van der Waals surface area contributed by atoms with Gasteiger partial charge in [0.2, 0.25) is 23.9 Å². The third-order valence-electron chi connectivity index (χ3n) is 12.4. The first-order valence-electron chi connectivity index (χ1n) is 24.3. The molecular weight excluding hydrogens is 1200 g/mol. The number of phenolic OH excluding ortho intramolecular Hbond substituents is 19. The van der Waals surface area contributed by atoms with E-state index in [0.717, 1.165) is 0 Å². The molecule has 0 aromatic heterocycles. The molecule has 0 bridgehead atoms. The third kappa shape index (κ3) is 12.9. The van der Waals surface area contributed by atoms with Crippen molar-refractivity contribution in [1.29, 1.82) is 0 Å². The second-order valence-corrected chi connectivity index (χ2v) is 18.4. The molecule has 5 unspecified atom stereocenters. The van der Waals surface area contributed by atoms with Crippen LogP contribution in [0.2, 0.25) is 0 Å². The largest absolute Gasteiger partial charge is 0.504 e. The first kappa shape index (κ1) is 62.0. The van der Waals surface area contributed by atoms with Gasteiger partial charge in [-0.3, -0.25) is 0 Å². The van der Waals surface area contributed by atoms with Crippen molar-refractivity contribution >= 4 is 41.8 Å². The average Bonchev–Trinajstić information content (AvgIpc) is 1.65. The van der Waals surface area contributed by atoms with Gasteiger partial charge in [0.25, 0.3) is 0 Å². The summed E-state index contributed by atoms with van der Waals surface area (Å²) < 4.78 is 44.0. The fraction of sp³-hybridized carbons (Fsp3) is 0.109. The van der Waals surface area contributed by atoms with Crippen LogP contribution in [0.25, 0.3) is 0 Å². The van der Waals surface area contributed by atoms with E-state index < -0.39 is 239 Å². The van der Waals surface area contributed by atoms with Gasteiger partial charge in [-0.05, 0) is 84.9 Å². The van der Waals surface area contributed by atoms with E-state index in [9.17, 15) is 131 Å². The summed E-state index contributed by atoms with van der Waals surface area (Å²) in [6, 6.07) is 7.11. The standard InChI is InChI=1S/C55H40O34/c56-23-1-16(2-24(57)38(23)68)49(76)83-35-13-21(11-33(66)43(35)73)48(75)82-15-37-45(86-53(80)22-12-34(67)44(74)36(14-22)84-50(77)17-3-25(58)39(69)26(59)4-17)46(87-51(78)18-5-27(60)40(70)28(61)6-18)47(88-52(79)19-7-29(62)41(71)30(63)8-19)55(85-37)89-54(81)20-9-31(64)42(72)32(65)10-20/h1-14,37,45-47,55-74H,15H2. The van der Waals surface area contributed by atoms with Crippen LogP contribution in [0.15, 0.2) is 84.9 Å². The lowest BCUT2D eigenvalue weighted by atomic mass is 9.97. The van der Waals surface area contributed by atoms with Crippen LogP contribution in [0.3, 0.4) is 0 Å². The normalized spacial score (nSPS) is 16.0. The van der Waals surface area contributed by atoms with Gasteiger partial charge in [0.15, 0.2) is 121 Å². The minimum absolute atomic E-state index is 0.429. The molecule has 1 aliphatic rings. The Morgan fingerprint density at radius 1 is 0.281 bits per heavy atom. The average molecular weight is 1240 g/mol. The van der Waals surface area contributed by atoms with Crippen molar-refractivity contribution in [1.82, 2.24) is 0 Å². The van der Waals surface area contributed by atoms with Gasteiger partial charge in [-0.15, -0.1) is 0 Å². The number of phenols is 19. The number of hydrogen-bond donors (Lipinski definition) is 19. The molecule has 34 heteroatoms. The van der Waals surface area contributed by atoms with E-state index in [4.69, 9.17) is 37.9 Å². The number of esters is 7. The van der Waals surface area contributed by atoms with Crippen LogP contribution in [-0.4, -0.2) is 176 Å². The van der Waals surface area contributed by atoms with E-state index in [1.165, 1.54) is 0 Å². The van der Waals surface area contributed by atoms with E-state index in [1.54, 1.807) is 0 Å². The van der Waals surface area contributed by atoms with Crippen LogP contribution in [0.5, 0.6) is 121 Å². The summed E-state index contributed by atoms with van der Waals surface area (Å²) in [4.78, 5) is 97.3. The van der Waals surface area contributed by atoms with Crippen molar-refractivity contribution in [3.05, 3.63) is 124 Å². The van der Waals surface area contributed by atoms with Crippen LogP contribution in [0, 0.1) is 0 Å². The molecule has 34 nitrogen and oxygen atoms in total. The third-order valence-corrected chi connectivity index (χ3v) is 12.4. The first-order valence-corrected chi connectivity index (χ1v) is 24.3. The minimum atomic E-state index is -2.75. The van der Waals surface area contributed by atoms with Crippen LogP contribution in [-0.2, 0) is 28.4 Å². The SMILES string of the molecule is O=C(OCC1OC(OC(=O)c2cc(O)c(O)c(O)c2)C(OC(=O)c2cc(O)c(O)c(O)c2)C(OC(=O)c2cc(O)c(O)c(O)c2)C1OC(=O)c1cc(O)c(O)c(OC(=O)c2cc(O)c(O)c(O)c2)c1)c1cc(O)c(O)c(OC(=O)c2cc(O)c(O)c(O)c2)c1. The number of hydrogen-bond acceptors (Lipinski definition) is 34. The lowest BCUT2D eigenvalue weighted by Crippen LogP contribution is -2.63. The number of ether oxygens (including phenoxy) is 8. The number of benzene rings is 7. The lowest BCUT2D eigenvalue weighted by Gasteiger charge is -2.43. The molecule has 5 atom stereocenters. The molecule has 0 spiro atoms. The molecule has 1 fully saturated rings. The van der Waals surface area contributed by atoms with E-state index in [1.807, 2.05) is 0 Å². The van der Waals surface area contributed by atoms with Crippen molar-refractivity contribution in [2.24, 2.45) is 0 Å². The summed E-state index contributed by atoms with van der Waals surface area (Å²) in [5, 5.41) is 194. The Bertz CT molecular complexity index is 3980. The molecule has 1 heterocycles. The molecule has 0 amide bonds. The van der Waals surface area contributed by atoms with Gasteiger partial charge in [0, 0.05) is 0 Å². The van der Waals surface area contributed by atoms with Crippen molar-refractivity contribution in [2.45, 2.75) is 30.7 Å². The maximum Gasteiger partial charge on any atom is 0.343 e. The van der Waals surface area contributed by atoms with Gasteiger partial charge in [0.1, 0.15) is 12.7 Å². The summed E-state index contributed by atoms with van der Waals surface area (Å²) in [5.74, 6) is -36.2. The Morgan fingerprint density at radius 2 is 0.517 bits per heavy atom. The van der Waals surface area contributed by atoms with Crippen molar-refractivity contribution in [2.75, 3.05) is 6.61 Å². The van der Waals surface area contributed by atoms with Gasteiger partial charge >= 0.3 is 41.8 Å². The van der Waals surface area contributed by atoms with Gasteiger partial charge in [0.05, 0.1) is 38.9 Å². The summed E-state index contributed by atoms with van der Waals surface area (Å²) in [6.45, 7) is -1.47. The molecule has 0 aliphatic carbocycles. The van der Waals surface area contributed by atoms with E-state index in [-0.39, 0.29) is 0 Å². The van der Waals surface area contributed by atoms with Crippen molar-refractivity contribution in [3.8, 4) is 121 Å². The van der Waals surface area contributed by atoms with Gasteiger partial charge in [-0.25, -0.2) is 33.6 Å². The fourth-order valence-electron chi connectivity index (χ4n) is 8.00. The highest BCUT2D eigenvalue weighted by Gasteiger charge is 2.55. The van der Waals surface area contributed by atoms with Crippen LogP contribution >= 0.6 is 0 Å². The van der Waals surface area contributed by atoms with Gasteiger partial charge in [-0.1, -0.05) is 0 Å². The number of carbonyl (C=O) groups excluding carboxylic acids is 7. The molecular formula is C55H40O34. The monoisotopic (exact) mass is 1240 g/mol. The number of carbonyl (C=O) groups is 7. The van der Waals surface area contributed by atoms with Crippen LogP contribution < -0.4 is 9.47 Å². The highest BCUT2D eigenvalue weighted by atomic mass is 16.7. The van der Waals surface area contributed by atoms with E-state index >= 15 is 0 Å². The minimum Gasteiger partial charge on any atom is -0.504 e. The smallest absolute Gasteiger partial charge is 0.343 e. The molecule has 0 radical (unpaired) electrons. The topological polar surface area (TPSA) is 578 Å². The Morgan fingerprint density at radius 3 is 0.831 bits per heavy atom. The lowest BCUT2D eigenvalue weighted by molar-refractivity contribution is -0.282. The molecule has 7 aromatic carbocycles. The summed E-state index contributed by atoms with van der Waals surface area (Å²) in [7, 11) is 0. The predicted molar refractivity (Wildman–Crippen MR) is 279 cm³/mol. The Labute approximate surface area is 491 Å². The summed E-state index contributed by atoms with van der Waals surface area (Å²) in [6.07, 6.45) is -13.3. The maximum atomic E-state index is 14.6. The maximum absolute atomic E-state index is 14.6. The molecule has 19 N–H and O–H groups in total. The summed E-state index contributed by atoms with van der Waals surface area (Å²) >= 11 is 0. The quantitative estimate of drug-likeness (QED) is 0.0304. The highest BCUT2D eigenvalue weighted by Crippen LogP contribution is 2.44. The van der Waals surface area contributed by atoms with E-state index in [0.29, 0.717) is 84.9 Å². The van der Waals surface area contributed by atoms with Crippen LogP contribution in [0.1, 0.15) is 72.5 Å². The van der Waals surface area contributed by atoms with Gasteiger partial charge in [-0.2, -0.15) is 0 Å². The van der Waals surface area contributed by atoms with Gasteiger partial charge < -0.3 is 135 Å². The molecule has 1 saturated heterocycles. The zero-order valence-electron chi connectivity index (χ0n) is 43.8. The highest BCUT2D eigenvalue weighted by molar-refractivity contribution is 5.97. The van der Waals surface area contributed by atoms with Crippen LogP contribution in [0.4, 0.5) is 0 Å². The molecule has 1 aliphatic heterocycles. The van der Waals surface area contributed by atoms with Crippen molar-refractivity contribution < 1.29 is 168 Å². The first-order chi connectivity index (χ1) is 41.8. The molecule has 0 saturated carbocycles. The second kappa shape index (κ2) is 24.3. The predicted octanol–water partition coefficient (Wildman–Crippen LogP) is 2.95. The van der Waals surface area contributed by atoms with Crippen molar-refractivity contribution in [3.63, 3.8) is 0 Å². The fourth-order valence-corrected chi connectivity index (χ4v) is 8.00. The Balaban J connectivity index is 1.26. The Hall–Kier alpha value is -13.0.